The highest BCUT2D eigenvalue weighted by atomic mass is 16.4. The summed E-state index contributed by atoms with van der Waals surface area (Å²) in [5.41, 5.74) is 1.97. The summed E-state index contributed by atoms with van der Waals surface area (Å²) in [6.07, 6.45) is 4.68. The van der Waals surface area contributed by atoms with E-state index < -0.39 is 11.7 Å². The van der Waals surface area contributed by atoms with Crippen molar-refractivity contribution in [2.75, 3.05) is 18.4 Å². The number of pyridine rings is 2. The molecule has 0 bridgehead atoms. The lowest BCUT2D eigenvalue weighted by atomic mass is 10.1. The first-order chi connectivity index (χ1) is 15.6. The van der Waals surface area contributed by atoms with Crippen LogP contribution in [0.3, 0.4) is 0 Å². The van der Waals surface area contributed by atoms with Crippen LogP contribution in [0, 0.1) is 0 Å². The molecule has 1 N–H and O–H groups in total. The van der Waals surface area contributed by atoms with Gasteiger partial charge in [0.05, 0.1) is 5.52 Å². The first-order valence-corrected chi connectivity index (χ1v) is 10.5. The molecule has 0 unspecified atom stereocenters. The van der Waals surface area contributed by atoms with Crippen molar-refractivity contribution in [1.82, 2.24) is 19.4 Å². The molecule has 1 aliphatic heterocycles. The van der Waals surface area contributed by atoms with Crippen LogP contribution in [0.25, 0.3) is 22.1 Å². The number of benzene rings is 1. The Labute approximate surface area is 182 Å². The highest BCUT2D eigenvalue weighted by molar-refractivity contribution is 6.04. The molecule has 9 heteroatoms. The van der Waals surface area contributed by atoms with E-state index in [0.717, 1.165) is 24.6 Å². The maximum absolute atomic E-state index is 12.7. The van der Waals surface area contributed by atoms with Crippen LogP contribution >= 0.6 is 0 Å². The monoisotopic (exact) mass is 431 g/mol. The Hall–Kier alpha value is -4.01. The Balaban J connectivity index is 1.39. The van der Waals surface area contributed by atoms with Crippen molar-refractivity contribution < 1.29 is 14.0 Å². The third kappa shape index (κ3) is 3.84. The largest absolute Gasteiger partial charge is 0.420 e. The van der Waals surface area contributed by atoms with Gasteiger partial charge >= 0.3 is 5.76 Å². The van der Waals surface area contributed by atoms with E-state index in [9.17, 15) is 14.4 Å². The van der Waals surface area contributed by atoms with Crippen LogP contribution in [0.5, 0.6) is 0 Å². The highest BCUT2D eigenvalue weighted by Crippen LogP contribution is 2.20. The van der Waals surface area contributed by atoms with Crippen LogP contribution in [0.15, 0.2) is 57.9 Å². The van der Waals surface area contributed by atoms with Gasteiger partial charge in [0.25, 0.3) is 5.91 Å². The minimum Gasteiger partial charge on any atom is -0.408 e. The van der Waals surface area contributed by atoms with Gasteiger partial charge in [0, 0.05) is 30.4 Å². The van der Waals surface area contributed by atoms with Gasteiger partial charge in [-0.3, -0.25) is 14.2 Å². The van der Waals surface area contributed by atoms with Crippen molar-refractivity contribution in [3.05, 3.63) is 64.9 Å². The number of carbonyl (C=O) groups excluding carboxylic acids is 2. The molecular formula is C23H21N5O4. The van der Waals surface area contributed by atoms with E-state index in [1.54, 1.807) is 47.5 Å². The molecule has 32 heavy (non-hydrogen) atoms. The van der Waals surface area contributed by atoms with Crippen molar-refractivity contribution in [2.45, 2.75) is 25.8 Å². The molecule has 4 heterocycles. The molecule has 1 aromatic carbocycles. The Bertz CT molecular complexity index is 1380. The number of nitrogens with one attached hydrogen (secondary N) is 1. The fourth-order valence-corrected chi connectivity index (χ4v) is 3.94. The Kier molecular flexibility index (Phi) is 5.14. The Morgan fingerprint density at radius 3 is 2.75 bits per heavy atom. The number of hydrogen-bond donors (Lipinski definition) is 1. The summed E-state index contributed by atoms with van der Waals surface area (Å²) in [5.74, 6) is -1.12. The zero-order valence-electron chi connectivity index (χ0n) is 17.3. The molecule has 3 aromatic heterocycles. The first kappa shape index (κ1) is 19.9. The van der Waals surface area contributed by atoms with Gasteiger partial charge in [-0.25, -0.2) is 14.8 Å². The van der Waals surface area contributed by atoms with E-state index in [2.05, 4.69) is 15.3 Å². The van der Waals surface area contributed by atoms with Crippen LogP contribution in [-0.4, -0.2) is 44.3 Å². The number of likely N-dealkylation sites (tertiary alicyclic amines) is 1. The van der Waals surface area contributed by atoms with Crippen molar-refractivity contribution in [2.24, 2.45) is 0 Å². The molecule has 1 saturated heterocycles. The molecule has 4 aromatic rings. The summed E-state index contributed by atoms with van der Waals surface area (Å²) in [7, 11) is 0. The second kappa shape index (κ2) is 8.26. The molecule has 1 fully saturated rings. The third-order valence-corrected chi connectivity index (χ3v) is 5.62. The summed E-state index contributed by atoms with van der Waals surface area (Å²) in [6, 6.07) is 12.0. The topological polar surface area (TPSA) is 110 Å². The number of oxazole rings is 1. The van der Waals surface area contributed by atoms with E-state index in [1.807, 2.05) is 6.07 Å². The molecule has 9 nitrogen and oxygen atoms in total. The fourth-order valence-electron chi connectivity index (χ4n) is 3.94. The molecular weight excluding hydrogens is 410 g/mol. The molecule has 0 aliphatic carbocycles. The Morgan fingerprint density at radius 1 is 1.06 bits per heavy atom. The number of nitrogens with zero attached hydrogens (tertiary/aromatic N) is 4. The summed E-state index contributed by atoms with van der Waals surface area (Å²) in [6.45, 7) is 1.32. The maximum Gasteiger partial charge on any atom is 0.420 e. The van der Waals surface area contributed by atoms with Crippen LogP contribution in [0.2, 0.25) is 0 Å². The first-order valence-electron chi connectivity index (χ1n) is 10.5. The molecule has 0 saturated carbocycles. The lowest BCUT2D eigenvalue weighted by molar-refractivity contribution is -0.132. The lowest BCUT2D eigenvalue weighted by Gasteiger charge is -2.26. The van der Waals surface area contributed by atoms with E-state index in [1.165, 1.54) is 4.57 Å². The SMILES string of the molecule is O=C(Nc1ccc2oc(=O)n(CC(=O)N3CCCCC3)c2c1)c1ccc2cccnc2n1. The zero-order chi connectivity index (χ0) is 22.1. The number of piperidine rings is 1. The number of amides is 2. The predicted octanol–water partition coefficient (Wildman–Crippen LogP) is 2.80. The summed E-state index contributed by atoms with van der Waals surface area (Å²) in [5, 5.41) is 3.63. The van der Waals surface area contributed by atoms with Gasteiger partial charge in [0.1, 0.15) is 12.2 Å². The van der Waals surface area contributed by atoms with Gasteiger partial charge < -0.3 is 14.6 Å². The number of fused-ring (bicyclic) bond motifs is 2. The molecule has 0 radical (unpaired) electrons. The summed E-state index contributed by atoms with van der Waals surface area (Å²) in [4.78, 5) is 48.0. The predicted molar refractivity (Wildman–Crippen MR) is 118 cm³/mol. The van der Waals surface area contributed by atoms with Gasteiger partial charge in [-0.05, 0) is 61.7 Å². The fraction of sp³-hybridized carbons (Fsp3) is 0.261. The second-order valence-corrected chi connectivity index (χ2v) is 7.78. The third-order valence-electron chi connectivity index (χ3n) is 5.62. The van der Waals surface area contributed by atoms with Crippen LogP contribution in [0.1, 0.15) is 29.8 Å². The highest BCUT2D eigenvalue weighted by Gasteiger charge is 2.20. The molecule has 162 valence electrons. The number of rotatable bonds is 4. The standard InChI is InChI=1S/C23H21N5O4/c29-20(27-11-2-1-3-12-27)14-28-18-13-16(7-9-19(18)32-23(28)31)25-22(30)17-8-6-15-5-4-10-24-21(15)26-17/h4-10,13H,1-3,11-12,14H2,(H,25,30). The normalized spacial score (nSPS) is 14.1. The molecule has 2 amide bonds. The summed E-state index contributed by atoms with van der Waals surface area (Å²) >= 11 is 0. The quantitative estimate of drug-likeness (QED) is 0.532. The van der Waals surface area contributed by atoms with Crippen molar-refractivity contribution in [3.63, 3.8) is 0 Å². The molecule has 0 spiro atoms. The average Bonchev–Trinajstić information content (AvgIpc) is 3.13. The van der Waals surface area contributed by atoms with Crippen LogP contribution < -0.4 is 11.1 Å². The zero-order valence-corrected chi connectivity index (χ0v) is 17.3. The molecule has 1 aliphatic rings. The number of anilines is 1. The second-order valence-electron chi connectivity index (χ2n) is 7.78. The van der Waals surface area contributed by atoms with E-state index in [-0.39, 0.29) is 18.1 Å². The molecule has 5 rings (SSSR count). The minimum absolute atomic E-state index is 0.0961. The van der Waals surface area contributed by atoms with Crippen molar-refractivity contribution >= 4 is 39.6 Å². The lowest BCUT2D eigenvalue weighted by Crippen LogP contribution is -2.39. The minimum atomic E-state index is -0.601. The summed E-state index contributed by atoms with van der Waals surface area (Å²) < 4.78 is 6.59. The smallest absolute Gasteiger partial charge is 0.408 e. The van der Waals surface area contributed by atoms with E-state index in [0.29, 0.717) is 35.5 Å². The van der Waals surface area contributed by atoms with Gasteiger partial charge in [-0.15, -0.1) is 0 Å². The van der Waals surface area contributed by atoms with Crippen LogP contribution in [-0.2, 0) is 11.3 Å². The average molecular weight is 431 g/mol. The Morgan fingerprint density at radius 2 is 1.91 bits per heavy atom. The van der Waals surface area contributed by atoms with Crippen molar-refractivity contribution in [1.29, 1.82) is 0 Å². The van der Waals surface area contributed by atoms with Gasteiger partial charge in [-0.2, -0.15) is 0 Å². The van der Waals surface area contributed by atoms with Gasteiger partial charge in [0.15, 0.2) is 11.2 Å². The van der Waals surface area contributed by atoms with E-state index >= 15 is 0 Å². The van der Waals surface area contributed by atoms with Gasteiger partial charge in [0.2, 0.25) is 5.91 Å². The van der Waals surface area contributed by atoms with Gasteiger partial charge in [-0.1, -0.05) is 0 Å². The van der Waals surface area contributed by atoms with Crippen molar-refractivity contribution in [3.8, 4) is 0 Å². The van der Waals surface area contributed by atoms with E-state index in [4.69, 9.17) is 4.42 Å². The number of aromatic nitrogens is 3. The molecule has 0 atom stereocenters. The number of hydrogen-bond acceptors (Lipinski definition) is 6. The van der Waals surface area contributed by atoms with Crippen LogP contribution in [0.4, 0.5) is 5.69 Å². The number of carbonyl (C=O) groups is 2. The maximum atomic E-state index is 12.7.